The number of hydrogen-bond acceptors (Lipinski definition) is 4. The van der Waals surface area contributed by atoms with Gasteiger partial charge in [0.2, 0.25) is 10.0 Å². The molecular weight excluding hydrogens is 298 g/mol. The van der Waals surface area contributed by atoms with Gasteiger partial charge in [0.15, 0.2) is 0 Å². The molecule has 0 aliphatic heterocycles. The Morgan fingerprint density at radius 3 is 2.48 bits per heavy atom. The van der Waals surface area contributed by atoms with Crippen LogP contribution in [-0.4, -0.2) is 46.4 Å². The monoisotopic (exact) mass is 313 g/mol. The van der Waals surface area contributed by atoms with Crippen LogP contribution in [0.2, 0.25) is 0 Å². The smallest absolute Gasteiger partial charge is 0.323 e. The molecule has 1 aromatic heterocycles. The molecular formula is C12H15N3O5S. The topological polar surface area (TPSA) is 123 Å². The number of fused-ring (bicyclic) bond motifs is 1. The number of carbonyl (C=O) groups is 1. The molecule has 0 aliphatic rings. The highest BCUT2D eigenvalue weighted by molar-refractivity contribution is 7.89. The summed E-state index contributed by atoms with van der Waals surface area (Å²) in [6, 6.07) is 3.59. The largest absolute Gasteiger partial charge is 0.480 e. The summed E-state index contributed by atoms with van der Waals surface area (Å²) < 4.78 is 25.9. The number of aromatic nitrogens is 2. The van der Waals surface area contributed by atoms with Crippen molar-refractivity contribution in [1.29, 1.82) is 0 Å². The maximum Gasteiger partial charge on any atom is 0.323 e. The van der Waals surface area contributed by atoms with E-state index in [9.17, 15) is 18.0 Å². The first-order chi connectivity index (χ1) is 9.71. The maximum atomic E-state index is 12.5. The van der Waals surface area contributed by atoms with Gasteiger partial charge in [0.1, 0.15) is 6.54 Å². The number of hydrogen-bond donors (Lipinski definition) is 3. The van der Waals surface area contributed by atoms with Crippen molar-refractivity contribution in [3.8, 4) is 0 Å². The first-order valence-corrected chi connectivity index (χ1v) is 7.61. The van der Waals surface area contributed by atoms with Crippen molar-refractivity contribution in [3.05, 3.63) is 28.7 Å². The van der Waals surface area contributed by atoms with E-state index < -0.39 is 34.3 Å². The summed E-state index contributed by atoms with van der Waals surface area (Å²) >= 11 is 0. The summed E-state index contributed by atoms with van der Waals surface area (Å²) in [6.07, 6.45) is 0. The van der Waals surface area contributed by atoms with Crippen LogP contribution in [-0.2, 0) is 14.8 Å². The van der Waals surface area contributed by atoms with Crippen LogP contribution in [0.1, 0.15) is 13.8 Å². The van der Waals surface area contributed by atoms with Crippen LogP contribution < -0.4 is 5.69 Å². The summed E-state index contributed by atoms with van der Waals surface area (Å²) in [5.41, 5.74) is 0.388. The third kappa shape index (κ3) is 2.98. The molecule has 1 aromatic carbocycles. The van der Waals surface area contributed by atoms with Crippen molar-refractivity contribution in [2.75, 3.05) is 6.54 Å². The lowest BCUT2D eigenvalue weighted by molar-refractivity contribution is -0.137. The number of aromatic amines is 2. The van der Waals surface area contributed by atoms with Crippen LogP contribution in [0, 0.1) is 0 Å². The second-order valence-electron chi connectivity index (χ2n) is 4.82. The third-order valence-electron chi connectivity index (χ3n) is 2.96. The summed E-state index contributed by atoms with van der Waals surface area (Å²) in [5, 5.41) is 8.86. The second-order valence-corrected chi connectivity index (χ2v) is 6.71. The molecule has 2 rings (SSSR count). The van der Waals surface area contributed by atoms with Crippen LogP contribution in [0.5, 0.6) is 0 Å². The highest BCUT2D eigenvalue weighted by Crippen LogP contribution is 2.21. The molecule has 0 spiro atoms. The van der Waals surface area contributed by atoms with Gasteiger partial charge in [-0.2, -0.15) is 4.31 Å². The maximum absolute atomic E-state index is 12.5. The normalized spacial score (nSPS) is 12.4. The summed E-state index contributed by atoms with van der Waals surface area (Å²) in [4.78, 5) is 26.9. The fourth-order valence-electron chi connectivity index (χ4n) is 1.99. The lowest BCUT2D eigenvalue weighted by atomic mass is 10.3. The number of carboxylic acids is 1. The molecule has 0 radical (unpaired) electrons. The molecule has 0 aliphatic carbocycles. The molecule has 0 atom stereocenters. The number of aliphatic carboxylic acids is 1. The quantitative estimate of drug-likeness (QED) is 0.734. The standard InChI is InChI=1S/C12H15N3O5S/c1-7(2)15(6-11(16)17)21(19,20)8-3-4-9-10(5-8)14-12(18)13-9/h3-5,7H,6H2,1-2H3,(H,16,17)(H2,13,14,18). The van der Waals surface area contributed by atoms with Gasteiger partial charge in [0.05, 0.1) is 15.9 Å². The van der Waals surface area contributed by atoms with Crippen LogP contribution in [0.3, 0.4) is 0 Å². The minimum absolute atomic E-state index is 0.0693. The fraction of sp³-hybridized carbons (Fsp3) is 0.333. The molecule has 9 heteroatoms. The average Bonchev–Trinajstić information content (AvgIpc) is 2.74. The van der Waals surface area contributed by atoms with Gasteiger partial charge < -0.3 is 15.1 Å². The number of nitrogens with one attached hydrogen (secondary N) is 2. The number of benzene rings is 1. The molecule has 0 saturated heterocycles. The zero-order valence-corrected chi connectivity index (χ0v) is 12.3. The third-order valence-corrected chi connectivity index (χ3v) is 4.98. The molecule has 0 amide bonds. The van der Waals surface area contributed by atoms with Gasteiger partial charge in [-0.05, 0) is 32.0 Å². The zero-order valence-electron chi connectivity index (χ0n) is 11.5. The highest BCUT2D eigenvalue weighted by Gasteiger charge is 2.29. The van der Waals surface area contributed by atoms with Crippen LogP contribution >= 0.6 is 0 Å². The molecule has 0 bridgehead atoms. The van der Waals surface area contributed by atoms with E-state index in [2.05, 4.69) is 9.97 Å². The SMILES string of the molecule is CC(C)N(CC(=O)O)S(=O)(=O)c1ccc2[nH]c(=O)[nH]c2c1. The highest BCUT2D eigenvalue weighted by atomic mass is 32.2. The summed E-state index contributed by atoms with van der Waals surface area (Å²) in [7, 11) is -3.96. The number of nitrogens with zero attached hydrogens (tertiary/aromatic N) is 1. The first-order valence-electron chi connectivity index (χ1n) is 6.17. The lowest BCUT2D eigenvalue weighted by Crippen LogP contribution is -2.40. The van der Waals surface area contributed by atoms with E-state index in [4.69, 9.17) is 5.11 Å². The van der Waals surface area contributed by atoms with Crippen LogP contribution in [0.25, 0.3) is 11.0 Å². The minimum Gasteiger partial charge on any atom is -0.480 e. The van der Waals surface area contributed by atoms with Crippen LogP contribution in [0.15, 0.2) is 27.9 Å². The predicted molar refractivity (Wildman–Crippen MR) is 75.6 cm³/mol. The van der Waals surface area contributed by atoms with Gasteiger partial charge in [0, 0.05) is 6.04 Å². The molecule has 8 nitrogen and oxygen atoms in total. The second kappa shape index (κ2) is 5.34. The van der Waals surface area contributed by atoms with Gasteiger partial charge in [0.25, 0.3) is 0 Å². The fourth-order valence-corrected chi connectivity index (χ4v) is 3.60. The van der Waals surface area contributed by atoms with Gasteiger partial charge in [-0.15, -0.1) is 0 Å². The van der Waals surface area contributed by atoms with E-state index in [1.54, 1.807) is 13.8 Å². The number of carboxylic acid groups (broad SMARTS) is 1. The van der Waals surface area contributed by atoms with Gasteiger partial charge in [-0.25, -0.2) is 13.2 Å². The van der Waals surface area contributed by atoms with Crippen molar-refractivity contribution in [1.82, 2.24) is 14.3 Å². The molecule has 1 heterocycles. The van der Waals surface area contributed by atoms with Crippen molar-refractivity contribution in [2.24, 2.45) is 0 Å². The molecule has 2 aromatic rings. The van der Waals surface area contributed by atoms with Crippen molar-refractivity contribution in [3.63, 3.8) is 0 Å². The Kier molecular flexibility index (Phi) is 3.88. The molecule has 3 N–H and O–H groups in total. The summed E-state index contributed by atoms with van der Waals surface area (Å²) in [5.74, 6) is -1.23. The number of rotatable bonds is 5. The Bertz CT molecular complexity index is 834. The van der Waals surface area contributed by atoms with Gasteiger partial charge in [-0.1, -0.05) is 0 Å². The zero-order chi connectivity index (χ0) is 15.8. The Morgan fingerprint density at radius 1 is 1.29 bits per heavy atom. The van der Waals surface area contributed by atoms with Crippen molar-refractivity contribution < 1.29 is 18.3 Å². The van der Waals surface area contributed by atoms with Crippen molar-refractivity contribution in [2.45, 2.75) is 24.8 Å². The van der Waals surface area contributed by atoms with E-state index in [1.807, 2.05) is 0 Å². The van der Waals surface area contributed by atoms with Crippen molar-refractivity contribution >= 4 is 27.0 Å². The first kappa shape index (κ1) is 15.3. The Morgan fingerprint density at radius 2 is 1.90 bits per heavy atom. The molecule has 21 heavy (non-hydrogen) atoms. The molecule has 0 fully saturated rings. The Balaban J connectivity index is 2.52. The Hall–Kier alpha value is -2.13. The lowest BCUT2D eigenvalue weighted by Gasteiger charge is -2.24. The van der Waals surface area contributed by atoms with Gasteiger partial charge in [-0.3, -0.25) is 4.79 Å². The number of sulfonamides is 1. The van der Waals surface area contributed by atoms with E-state index in [-0.39, 0.29) is 4.90 Å². The predicted octanol–water partition coefficient (Wildman–Crippen LogP) is 0.340. The minimum atomic E-state index is -3.96. The van der Waals surface area contributed by atoms with Gasteiger partial charge >= 0.3 is 11.7 Å². The average molecular weight is 313 g/mol. The van der Waals surface area contributed by atoms with E-state index in [0.717, 1.165) is 4.31 Å². The number of H-pyrrole nitrogens is 2. The van der Waals surface area contributed by atoms with Crippen LogP contribution in [0.4, 0.5) is 0 Å². The molecule has 0 saturated carbocycles. The summed E-state index contributed by atoms with van der Waals surface area (Å²) in [6.45, 7) is 2.57. The van der Waals surface area contributed by atoms with E-state index in [0.29, 0.717) is 11.0 Å². The molecule has 114 valence electrons. The Labute approximate surface area is 120 Å². The van der Waals surface area contributed by atoms with E-state index >= 15 is 0 Å². The van der Waals surface area contributed by atoms with E-state index in [1.165, 1.54) is 18.2 Å². The molecule has 0 unspecified atom stereocenters. The number of imidazole rings is 1.